The third-order valence-electron chi connectivity index (χ3n) is 1.17. The van der Waals surface area contributed by atoms with Crippen LogP contribution < -0.4 is 5.32 Å². The molecule has 0 aliphatic carbocycles. The van der Waals surface area contributed by atoms with Gasteiger partial charge in [-0.15, -0.1) is 0 Å². The first kappa shape index (κ1) is 6.81. The highest BCUT2D eigenvalue weighted by atomic mass is 31.2. The fourth-order valence-electron chi connectivity index (χ4n) is 0.692. The summed E-state index contributed by atoms with van der Waals surface area (Å²) in [4.78, 5) is 17.0. The zero-order valence-corrected chi connectivity index (χ0v) is 5.64. The third kappa shape index (κ3) is 1.55. The van der Waals surface area contributed by atoms with Crippen LogP contribution in [0, 0.1) is 0 Å². The van der Waals surface area contributed by atoms with Gasteiger partial charge in [-0.2, -0.15) is 0 Å². The summed E-state index contributed by atoms with van der Waals surface area (Å²) in [5, 5.41) is 2.94. The van der Waals surface area contributed by atoms with Crippen molar-refractivity contribution in [3.8, 4) is 0 Å². The number of rotatable bonds is 1. The van der Waals surface area contributed by atoms with Gasteiger partial charge in [0.2, 0.25) is 0 Å². The van der Waals surface area contributed by atoms with Gasteiger partial charge in [0.25, 0.3) is 0 Å². The van der Waals surface area contributed by atoms with Crippen LogP contribution in [0.1, 0.15) is 6.42 Å². The smallest absolute Gasteiger partial charge is 0.353 e. The Kier molecular flexibility index (Phi) is 1.62. The van der Waals surface area contributed by atoms with Gasteiger partial charge in [0.15, 0.2) is 0 Å². The monoisotopic (exact) mass is 149 g/mol. The van der Waals surface area contributed by atoms with E-state index < -0.39 is 7.60 Å². The van der Waals surface area contributed by atoms with Crippen molar-refractivity contribution in [1.29, 1.82) is 0 Å². The molecule has 9 heavy (non-hydrogen) atoms. The summed E-state index contributed by atoms with van der Waals surface area (Å²) in [7, 11) is -3.91. The number of hydrogen-bond acceptors (Lipinski definition) is 2. The minimum absolute atomic E-state index is 0.211. The lowest BCUT2D eigenvalue weighted by Crippen LogP contribution is -1.96. The fraction of sp³-hybridized carbons (Fsp3) is 0.500. The first-order valence-electron chi connectivity index (χ1n) is 2.59. The van der Waals surface area contributed by atoms with E-state index in [2.05, 4.69) is 5.32 Å². The molecule has 0 bridgehead atoms. The highest BCUT2D eigenvalue weighted by Gasteiger charge is 2.22. The molecule has 0 unspecified atom stereocenters. The Hall–Kier alpha value is -0.310. The second-order valence-corrected chi connectivity index (χ2v) is 3.55. The van der Waals surface area contributed by atoms with Gasteiger partial charge < -0.3 is 15.1 Å². The number of hydrogen-bond donors (Lipinski definition) is 3. The SMILES string of the molecule is O=P(O)(O)C1=CNCC1. The van der Waals surface area contributed by atoms with Crippen LogP contribution in [0.5, 0.6) is 0 Å². The van der Waals surface area contributed by atoms with E-state index >= 15 is 0 Å². The maximum atomic E-state index is 10.4. The van der Waals surface area contributed by atoms with E-state index in [0.717, 1.165) is 0 Å². The zero-order valence-electron chi connectivity index (χ0n) is 4.74. The summed E-state index contributed by atoms with van der Waals surface area (Å²) in [6.07, 6.45) is 1.85. The third-order valence-corrected chi connectivity index (χ3v) is 2.27. The van der Waals surface area contributed by atoms with E-state index in [9.17, 15) is 4.57 Å². The normalized spacial score (nSPS) is 19.1. The average Bonchev–Trinajstić information content (AvgIpc) is 2.08. The van der Waals surface area contributed by atoms with Gasteiger partial charge in [-0.05, 0) is 6.42 Å². The van der Waals surface area contributed by atoms with E-state index in [1.807, 2.05) is 0 Å². The van der Waals surface area contributed by atoms with Crippen molar-refractivity contribution in [2.45, 2.75) is 6.42 Å². The van der Waals surface area contributed by atoms with E-state index in [1.54, 1.807) is 0 Å². The molecule has 0 saturated carbocycles. The summed E-state index contributed by atoms with van der Waals surface area (Å²) in [5.41, 5.74) is 0. The van der Waals surface area contributed by atoms with Crippen LogP contribution >= 0.6 is 7.60 Å². The second kappa shape index (κ2) is 2.14. The molecular formula is C4H8NO3P. The second-order valence-electron chi connectivity index (χ2n) is 1.88. The minimum atomic E-state index is -3.91. The lowest BCUT2D eigenvalue weighted by Gasteiger charge is -2.00. The summed E-state index contributed by atoms with van der Waals surface area (Å²) in [5.74, 6) is 0. The van der Waals surface area contributed by atoms with Crippen LogP contribution in [-0.4, -0.2) is 16.3 Å². The average molecular weight is 149 g/mol. The van der Waals surface area contributed by atoms with Crippen LogP contribution in [-0.2, 0) is 4.57 Å². The Morgan fingerprint density at radius 3 is 2.56 bits per heavy atom. The minimum Gasteiger partial charge on any atom is -0.390 e. The standard InChI is InChI=1S/C4H8NO3P/c6-9(7,8)4-1-2-5-3-4/h3,5H,1-2H2,(H2,6,7,8). The van der Waals surface area contributed by atoms with Crippen LogP contribution in [0.25, 0.3) is 0 Å². The van der Waals surface area contributed by atoms with E-state index in [-0.39, 0.29) is 5.31 Å². The Morgan fingerprint density at radius 2 is 2.33 bits per heavy atom. The molecule has 1 rings (SSSR count). The lowest BCUT2D eigenvalue weighted by molar-refractivity contribution is 0.381. The Balaban J connectivity index is 2.73. The lowest BCUT2D eigenvalue weighted by atomic mass is 10.5. The molecule has 0 radical (unpaired) electrons. The van der Waals surface area contributed by atoms with Crippen molar-refractivity contribution in [1.82, 2.24) is 5.32 Å². The molecule has 0 aromatic heterocycles. The maximum absolute atomic E-state index is 10.4. The van der Waals surface area contributed by atoms with E-state index in [1.165, 1.54) is 6.20 Å². The molecule has 0 saturated heterocycles. The predicted octanol–water partition coefficient (Wildman–Crippen LogP) is -0.00120. The molecule has 0 spiro atoms. The van der Waals surface area contributed by atoms with E-state index in [4.69, 9.17) is 9.79 Å². The van der Waals surface area contributed by atoms with Gasteiger partial charge in [0.1, 0.15) is 0 Å². The van der Waals surface area contributed by atoms with Crippen molar-refractivity contribution < 1.29 is 14.4 Å². The molecule has 0 atom stereocenters. The largest absolute Gasteiger partial charge is 0.390 e. The van der Waals surface area contributed by atoms with Crippen molar-refractivity contribution in [2.75, 3.05) is 6.54 Å². The maximum Gasteiger partial charge on any atom is 0.353 e. The molecule has 3 N–H and O–H groups in total. The molecule has 0 aromatic rings. The molecule has 52 valence electrons. The number of nitrogens with one attached hydrogen (secondary N) is 1. The van der Waals surface area contributed by atoms with E-state index in [0.29, 0.717) is 13.0 Å². The van der Waals surface area contributed by atoms with Crippen molar-refractivity contribution in [2.24, 2.45) is 0 Å². The molecule has 5 heteroatoms. The highest BCUT2D eigenvalue weighted by Crippen LogP contribution is 2.47. The van der Waals surface area contributed by atoms with Crippen molar-refractivity contribution in [3.63, 3.8) is 0 Å². The van der Waals surface area contributed by atoms with Gasteiger partial charge >= 0.3 is 7.60 Å². The first-order chi connectivity index (χ1) is 4.11. The highest BCUT2D eigenvalue weighted by molar-refractivity contribution is 7.56. The molecule has 1 aliphatic rings. The van der Waals surface area contributed by atoms with Gasteiger partial charge in [-0.25, -0.2) is 0 Å². The molecule has 0 aromatic carbocycles. The molecule has 1 heterocycles. The molecular weight excluding hydrogens is 141 g/mol. The fourth-order valence-corrected chi connectivity index (χ4v) is 1.35. The quantitative estimate of drug-likeness (QED) is 0.459. The molecule has 4 nitrogen and oxygen atoms in total. The van der Waals surface area contributed by atoms with Crippen LogP contribution in [0.15, 0.2) is 11.5 Å². The van der Waals surface area contributed by atoms with Gasteiger partial charge in [-0.3, -0.25) is 4.57 Å². The summed E-state index contributed by atoms with van der Waals surface area (Å²) in [6.45, 7) is 0.639. The Labute approximate surface area is 52.7 Å². The van der Waals surface area contributed by atoms with Crippen LogP contribution in [0.3, 0.4) is 0 Å². The zero-order chi connectivity index (χ0) is 6.91. The summed E-state index contributed by atoms with van der Waals surface area (Å²) in [6, 6.07) is 0. The van der Waals surface area contributed by atoms with Crippen LogP contribution in [0.2, 0.25) is 0 Å². The Morgan fingerprint density at radius 1 is 1.67 bits per heavy atom. The first-order valence-corrected chi connectivity index (χ1v) is 4.20. The predicted molar refractivity (Wildman–Crippen MR) is 32.7 cm³/mol. The van der Waals surface area contributed by atoms with Crippen molar-refractivity contribution >= 4 is 7.60 Å². The van der Waals surface area contributed by atoms with Crippen LogP contribution in [0.4, 0.5) is 0 Å². The van der Waals surface area contributed by atoms with Gasteiger partial charge in [-0.1, -0.05) is 0 Å². The molecule has 0 amide bonds. The van der Waals surface area contributed by atoms with Gasteiger partial charge in [0.05, 0.1) is 5.31 Å². The van der Waals surface area contributed by atoms with Gasteiger partial charge in [0, 0.05) is 12.7 Å². The molecule has 1 aliphatic heterocycles. The summed E-state index contributed by atoms with van der Waals surface area (Å²) < 4.78 is 10.4. The summed E-state index contributed by atoms with van der Waals surface area (Å²) >= 11 is 0. The van der Waals surface area contributed by atoms with Crippen molar-refractivity contribution in [3.05, 3.63) is 11.5 Å². The topological polar surface area (TPSA) is 69.6 Å². The molecule has 0 fully saturated rings. The Bertz CT molecular complexity index is 182.